The van der Waals surface area contributed by atoms with E-state index in [-0.39, 0.29) is 6.61 Å². The molecular formula is C21H33N3O3. The Kier molecular flexibility index (Phi) is 12.4. The summed E-state index contributed by atoms with van der Waals surface area (Å²) in [4.78, 5) is 4.62. The first-order valence-electron chi connectivity index (χ1n) is 9.58. The molecule has 0 aliphatic rings. The number of nitrogens with zero attached hydrogens (tertiary/aromatic N) is 1. The van der Waals surface area contributed by atoms with Gasteiger partial charge in [-0.05, 0) is 37.5 Å². The van der Waals surface area contributed by atoms with E-state index in [1.54, 1.807) is 7.11 Å². The third-order valence-electron chi connectivity index (χ3n) is 3.70. The molecule has 27 heavy (non-hydrogen) atoms. The van der Waals surface area contributed by atoms with Crippen molar-refractivity contribution in [3.05, 3.63) is 23.8 Å². The predicted molar refractivity (Wildman–Crippen MR) is 110 cm³/mol. The molecule has 0 unspecified atom stereocenters. The third kappa shape index (κ3) is 9.76. The van der Waals surface area contributed by atoms with Crippen LogP contribution >= 0.6 is 0 Å². The van der Waals surface area contributed by atoms with Crippen molar-refractivity contribution >= 4 is 5.96 Å². The van der Waals surface area contributed by atoms with Gasteiger partial charge >= 0.3 is 0 Å². The Morgan fingerprint density at radius 2 is 1.96 bits per heavy atom. The molecule has 150 valence electrons. The van der Waals surface area contributed by atoms with Crippen LogP contribution in [0.1, 0.15) is 38.7 Å². The standard InChI is InChI=1S/C21H33N3O3/c1-5-8-14-26-15-9-12-23-21(22-7-3)24-17-18-10-11-19(25-4)20(16-18)27-13-6-2/h2,10-11,16H,5,7-9,12-15,17H2,1,3-4H3,(H2,22,23,24). The second-order valence-electron chi connectivity index (χ2n) is 5.92. The van der Waals surface area contributed by atoms with Crippen LogP contribution in [0.3, 0.4) is 0 Å². The van der Waals surface area contributed by atoms with Crippen LogP contribution in [0.25, 0.3) is 0 Å². The van der Waals surface area contributed by atoms with Gasteiger partial charge in [-0.1, -0.05) is 25.3 Å². The maximum Gasteiger partial charge on any atom is 0.191 e. The van der Waals surface area contributed by atoms with Crippen molar-refractivity contribution in [2.75, 3.05) is 40.0 Å². The fraction of sp³-hybridized carbons (Fsp3) is 0.571. The Morgan fingerprint density at radius 3 is 2.67 bits per heavy atom. The fourth-order valence-corrected chi connectivity index (χ4v) is 2.29. The molecule has 0 fully saturated rings. The average molecular weight is 376 g/mol. The lowest BCUT2D eigenvalue weighted by Crippen LogP contribution is -2.38. The topological polar surface area (TPSA) is 64.1 Å². The lowest BCUT2D eigenvalue weighted by molar-refractivity contribution is 0.129. The largest absolute Gasteiger partial charge is 0.493 e. The van der Waals surface area contributed by atoms with Crippen molar-refractivity contribution < 1.29 is 14.2 Å². The molecule has 0 saturated carbocycles. The summed E-state index contributed by atoms with van der Waals surface area (Å²) in [6.45, 7) is 8.16. The number of benzene rings is 1. The van der Waals surface area contributed by atoms with Crippen molar-refractivity contribution in [2.24, 2.45) is 4.99 Å². The lowest BCUT2D eigenvalue weighted by Gasteiger charge is -2.12. The summed E-state index contributed by atoms with van der Waals surface area (Å²) in [6.07, 6.45) is 8.49. The van der Waals surface area contributed by atoms with Crippen LogP contribution in [0.4, 0.5) is 0 Å². The van der Waals surface area contributed by atoms with Gasteiger partial charge < -0.3 is 24.8 Å². The SMILES string of the molecule is C#CCOc1cc(CN=C(NCC)NCCCOCCCC)ccc1OC. The van der Waals surface area contributed by atoms with E-state index in [2.05, 4.69) is 28.5 Å². The molecule has 0 saturated heterocycles. The minimum atomic E-state index is 0.202. The summed E-state index contributed by atoms with van der Waals surface area (Å²) >= 11 is 0. The van der Waals surface area contributed by atoms with E-state index >= 15 is 0 Å². The quantitative estimate of drug-likeness (QED) is 0.240. The van der Waals surface area contributed by atoms with Gasteiger partial charge in [-0.25, -0.2) is 4.99 Å². The zero-order valence-electron chi connectivity index (χ0n) is 16.8. The molecule has 1 aromatic rings. The molecule has 2 N–H and O–H groups in total. The van der Waals surface area contributed by atoms with E-state index < -0.39 is 0 Å². The molecule has 6 heteroatoms. The third-order valence-corrected chi connectivity index (χ3v) is 3.70. The van der Waals surface area contributed by atoms with Crippen molar-refractivity contribution in [1.29, 1.82) is 0 Å². The smallest absolute Gasteiger partial charge is 0.191 e. The first-order chi connectivity index (χ1) is 13.2. The Bertz CT molecular complexity index is 597. The molecule has 1 rings (SSSR count). The van der Waals surface area contributed by atoms with Gasteiger partial charge in [-0.15, -0.1) is 6.42 Å². The van der Waals surface area contributed by atoms with Crippen molar-refractivity contribution in [2.45, 2.75) is 39.7 Å². The lowest BCUT2D eigenvalue weighted by atomic mass is 10.2. The van der Waals surface area contributed by atoms with E-state index in [1.165, 1.54) is 0 Å². The van der Waals surface area contributed by atoms with Gasteiger partial charge in [0.15, 0.2) is 17.5 Å². The van der Waals surface area contributed by atoms with Gasteiger partial charge in [0.05, 0.1) is 13.7 Å². The molecule has 0 spiro atoms. The van der Waals surface area contributed by atoms with E-state index in [0.29, 0.717) is 18.0 Å². The van der Waals surface area contributed by atoms with Crippen molar-refractivity contribution in [1.82, 2.24) is 10.6 Å². The Balaban J connectivity index is 2.55. The number of rotatable bonds is 13. The van der Waals surface area contributed by atoms with Gasteiger partial charge in [0.1, 0.15) is 6.61 Å². The Hall–Kier alpha value is -2.39. The first kappa shape index (κ1) is 22.7. The van der Waals surface area contributed by atoms with E-state index in [9.17, 15) is 0 Å². The van der Waals surface area contributed by atoms with Crippen LogP contribution in [0.5, 0.6) is 11.5 Å². The van der Waals surface area contributed by atoms with Gasteiger partial charge in [0, 0.05) is 26.3 Å². The molecule has 0 bridgehead atoms. The van der Waals surface area contributed by atoms with Crippen LogP contribution in [0.15, 0.2) is 23.2 Å². The summed E-state index contributed by atoms with van der Waals surface area (Å²) in [7, 11) is 1.61. The van der Waals surface area contributed by atoms with E-state index in [4.69, 9.17) is 20.6 Å². The minimum Gasteiger partial charge on any atom is -0.493 e. The molecule has 0 heterocycles. The first-order valence-corrected chi connectivity index (χ1v) is 9.58. The van der Waals surface area contributed by atoms with E-state index in [0.717, 1.165) is 57.1 Å². The second-order valence-corrected chi connectivity index (χ2v) is 5.92. The number of methoxy groups -OCH3 is 1. The van der Waals surface area contributed by atoms with Crippen LogP contribution in [-0.4, -0.2) is 46.0 Å². The van der Waals surface area contributed by atoms with E-state index in [1.807, 2.05) is 25.1 Å². The summed E-state index contributed by atoms with van der Waals surface area (Å²) in [5, 5.41) is 6.58. The van der Waals surface area contributed by atoms with Gasteiger partial charge in [-0.2, -0.15) is 0 Å². The monoisotopic (exact) mass is 375 g/mol. The molecular weight excluding hydrogens is 342 g/mol. The molecule has 0 aliphatic heterocycles. The van der Waals surface area contributed by atoms with Crippen LogP contribution < -0.4 is 20.1 Å². The van der Waals surface area contributed by atoms with Crippen LogP contribution in [0.2, 0.25) is 0 Å². The predicted octanol–water partition coefficient (Wildman–Crippen LogP) is 2.97. The average Bonchev–Trinajstić information content (AvgIpc) is 2.69. The second kappa shape index (κ2) is 14.7. The van der Waals surface area contributed by atoms with Gasteiger partial charge in [-0.3, -0.25) is 0 Å². The number of guanidine groups is 1. The maximum atomic E-state index is 5.57. The summed E-state index contributed by atoms with van der Waals surface area (Å²) in [5.74, 6) is 4.54. The summed E-state index contributed by atoms with van der Waals surface area (Å²) < 4.78 is 16.4. The number of nitrogens with one attached hydrogen (secondary N) is 2. The zero-order valence-corrected chi connectivity index (χ0v) is 16.8. The molecule has 0 aromatic heterocycles. The Labute approximate surface area is 163 Å². The number of aliphatic imine (C=N–C) groups is 1. The summed E-state index contributed by atoms with van der Waals surface area (Å²) in [5.41, 5.74) is 1.02. The molecule has 6 nitrogen and oxygen atoms in total. The fourth-order valence-electron chi connectivity index (χ4n) is 2.29. The molecule has 0 atom stereocenters. The highest BCUT2D eigenvalue weighted by molar-refractivity contribution is 5.79. The number of hydrogen-bond donors (Lipinski definition) is 2. The molecule has 0 radical (unpaired) electrons. The van der Waals surface area contributed by atoms with Crippen molar-refractivity contribution in [3.63, 3.8) is 0 Å². The molecule has 0 aliphatic carbocycles. The number of hydrogen-bond acceptors (Lipinski definition) is 4. The van der Waals surface area contributed by atoms with Crippen molar-refractivity contribution in [3.8, 4) is 23.8 Å². The number of terminal acetylenes is 1. The summed E-state index contributed by atoms with van der Waals surface area (Å²) in [6, 6.07) is 5.74. The minimum absolute atomic E-state index is 0.202. The Morgan fingerprint density at radius 1 is 1.15 bits per heavy atom. The highest BCUT2D eigenvalue weighted by Gasteiger charge is 2.06. The normalized spacial score (nSPS) is 11.0. The maximum absolute atomic E-state index is 5.57. The number of ether oxygens (including phenoxy) is 3. The van der Waals surface area contributed by atoms with Gasteiger partial charge in [0.2, 0.25) is 0 Å². The molecule has 0 amide bonds. The van der Waals surface area contributed by atoms with Gasteiger partial charge in [0.25, 0.3) is 0 Å². The molecule has 1 aromatic carbocycles. The highest BCUT2D eigenvalue weighted by Crippen LogP contribution is 2.28. The number of unbranched alkanes of at least 4 members (excludes halogenated alkanes) is 1. The van der Waals surface area contributed by atoms with Crippen LogP contribution in [-0.2, 0) is 11.3 Å². The van der Waals surface area contributed by atoms with Crippen LogP contribution in [0, 0.1) is 12.3 Å². The zero-order chi connectivity index (χ0) is 19.7. The highest BCUT2D eigenvalue weighted by atomic mass is 16.5.